The van der Waals surface area contributed by atoms with Gasteiger partial charge in [-0.15, -0.1) is 6.42 Å². The van der Waals surface area contributed by atoms with Gasteiger partial charge in [0, 0.05) is 6.54 Å². The number of nitrogens with zero attached hydrogens (tertiary/aromatic N) is 1. The summed E-state index contributed by atoms with van der Waals surface area (Å²) in [5, 5.41) is 9.28. The second-order valence-corrected chi connectivity index (χ2v) is 5.06. The van der Waals surface area contributed by atoms with Gasteiger partial charge < -0.3 is 9.84 Å². The van der Waals surface area contributed by atoms with Gasteiger partial charge in [0.2, 0.25) is 0 Å². The Kier molecular flexibility index (Phi) is 3.72. The summed E-state index contributed by atoms with van der Waals surface area (Å²) >= 11 is 0. The summed E-state index contributed by atoms with van der Waals surface area (Å²) in [6, 6.07) is 9.96. The first-order valence-electron chi connectivity index (χ1n) is 6.14. The molecule has 2 rings (SSSR count). The fourth-order valence-electron chi connectivity index (χ4n) is 2.20. The Balaban J connectivity index is 2.30. The molecule has 1 aliphatic heterocycles. The maximum atomic E-state index is 9.28. The molecule has 2 atom stereocenters. The van der Waals surface area contributed by atoms with E-state index >= 15 is 0 Å². The molecule has 0 saturated carbocycles. The zero-order valence-electron chi connectivity index (χ0n) is 10.8. The van der Waals surface area contributed by atoms with Gasteiger partial charge >= 0.3 is 0 Å². The average Bonchev–Trinajstić information content (AvgIpc) is 2.85. The van der Waals surface area contributed by atoms with E-state index in [0.717, 1.165) is 5.56 Å². The molecule has 0 radical (unpaired) electrons. The molecule has 3 nitrogen and oxygen atoms in total. The number of aliphatic hydroxyl groups excluding tert-OH is 1. The number of aliphatic hydroxyl groups is 1. The maximum absolute atomic E-state index is 9.28. The van der Waals surface area contributed by atoms with Crippen LogP contribution in [0.25, 0.3) is 0 Å². The summed E-state index contributed by atoms with van der Waals surface area (Å²) in [7, 11) is 0. The van der Waals surface area contributed by atoms with E-state index in [1.165, 1.54) is 0 Å². The van der Waals surface area contributed by atoms with Crippen molar-refractivity contribution in [2.45, 2.75) is 31.7 Å². The molecule has 1 saturated heterocycles. The molecule has 18 heavy (non-hydrogen) atoms. The van der Waals surface area contributed by atoms with Crippen molar-refractivity contribution in [2.75, 3.05) is 13.2 Å². The minimum Gasteiger partial charge on any atom is -0.394 e. The molecule has 0 aromatic heterocycles. The number of rotatable bonds is 3. The van der Waals surface area contributed by atoms with Crippen LogP contribution in [0.5, 0.6) is 0 Å². The van der Waals surface area contributed by atoms with Crippen LogP contribution in [0.4, 0.5) is 0 Å². The number of ether oxygens (including phenoxy) is 1. The normalized spacial score (nSPS) is 25.0. The van der Waals surface area contributed by atoms with Crippen molar-refractivity contribution in [1.82, 2.24) is 4.90 Å². The zero-order valence-corrected chi connectivity index (χ0v) is 10.8. The van der Waals surface area contributed by atoms with Crippen molar-refractivity contribution in [3.8, 4) is 12.3 Å². The van der Waals surface area contributed by atoms with Gasteiger partial charge in [0.25, 0.3) is 0 Å². The second kappa shape index (κ2) is 5.11. The van der Waals surface area contributed by atoms with E-state index in [9.17, 15) is 5.11 Å². The molecule has 0 unspecified atom stereocenters. The minimum atomic E-state index is -0.398. The molecule has 1 aromatic carbocycles. The van der Waals surface area contributed by atoms with Crippen LogP contribution in [0, 0.1) is 12.3 Å². The van der Waals surface area contributed by atoms with Gasteiger partial charge in [-0.25, -0.2) is 0 Å². The lowest BCUT2D eigenvalue weighted by atomic mass is 10.0. The van der Waals surface area contributed by atoms with Crippen molar-refractivity contribution in [1.29, 1.82) is 0 Å². The molecule has 0 amide bonds. The summed E-state index contributed by atoms with van der Waals surface area (Å²) in [4.78, 5) is 2.11. The third-order valence-electron chi connectivity index (χ3n) is 3.36. The van der Waals surface area contributed by atoms with Crippen LogP contribution in [-0.4, -0.2) is 34.8 Å². The van der Waals surface area contributed by atoms with Crippen LogP contribution in [0.2, 0.25) is 0 Å². The van der Waals surface area contributed by atoms with Gasteiger partial charge in [-0.05, 0) is 19.4 Å². The van der Waals surface area contributed by atoms with E-state index in [2.05, 4.69) is 10.8 Å². The van der Waals surface area contributed by atoms with Crippen molar-refractivity contribution in [3.63, 3.8) is 0 Å². The van der Waals surface area contributed by atoms with E-state index in [0.29, 0.717) is 6.54 Å². The molecule has 1 aromatic rings. The lowest BCUT2D eigenvalue weighted by Gasteiger charge is -2.34. The molecule has 1 fully saturated rings. The summed E-state index contributed by atoms with van der Waals surface area (Å²) in [6.07, 6.45) is 5.24. The monoisotopic (exact) mass is 245 g/mol. The number of hydrogen-bond donors (Lipinski definition) is 1. The van der Waals surface area contributed by atoms with E-state index in [1.54, 1.807) is 0 Å². The van der Waals surface area contributed by atoms with Crippen molar-refractivity contribution >= 4 is 0 Å². The third kappa shape index (κ3) is 2.41. The number of benzene rings is 1. The Morgan fingerprint density at radius 2 is 2.11 bits per heavy atom. The average molecular weight is 245 g/mol. The predicted octanol–water partition coefficient (Wildman–Crippen LogP) is 1.79. The Morgan fingerprint density at radius 1 is 1.44 bits per heavy atom. The van der Waals surface area contributed by atoms with Crippen LogP contribution in [0.15, 0.2) is 30.3 Å². The van der Waals surface area contributed by atoms with Crippen molar-refractivity contribution in [2.24, 2.45) is 0 Å². The highest BCUT2D eigenvalue weighted by Gasteiger charge is 2.40. The Bertz CT molecular complexity index is 436. The van der Waals surface area contributed by atoms with Crippen LogP contribution in [0.3, 0.4) is 0 Å². The van der Waals surface area contributed by atoms with Crippen LogP contribution in [-0.2, 0) is 4.74 Å². The van der Waals surface area contributed by atoms with E-state index in [-0.39, 0.29) is 18.9 Å². The molecule has 0 aliphatic carbocycles. The molecular formula is C15H19NO2. The van der Waals surface area contributed by atoms with Gasteiger partial charge in [-0.1, -0.05) is 36.3 Å². The van der Waals surface area contributed by atoms with Gasteiger partial charge in [0.1, 0.15) is 6.23 Å². The molecule has 3 heteroatoms. The minimum absolute atomic E-state index is 0.0144. The smallest absolute Gasteiger partial charge is 0.138 e. The van der Waals surface area contributed by atoms with Gasteiger partial charge in [0.05, 0.1) is 18.2 Å². The highest BCUT2D eigenvalue weighted by atomic mass is 16.5. The third-order valence-corrected chi connectivity index (χ3v) is 3.36. The zero-order chi connectivity index (χ0) is 13.2. The number of hydrogen-bond acceptors (Lipinski definition) is 3. The molecule has 1 aliphatic rings. The summed E-state index contributed by atoms with van der Waals surface area (Å²) in [5.41, 5.74) is 0.668. The molecule has 96 valence electrons. The Hall–Kier alpha value is -1.34. The van der Waals surface area contributed by atoms with Gasteiger partial charge in [-0.2, -0.15) is 0 Å². The fraction of sp³-hybridized carbons (Fsp3) is 0.467. The standard InChI is InChI=1S/C15H19NO2/c1-4-15(2,3)16-10-13(11-17)18-14(16)12-8-6-5-7-9-12/h1,5-9,13-14,17H,10-11H2,2-3H3/t13-,14-/m1/s1. The largest absolute Gasteiger partial charge is 0.394 e. The van der Waals surface area contributed by atoms with Crippen LogP contribution in [0.1, 0.15) is 25.6 Å². The fourth-order valence-corrected chi connectivity index (χ4v) is 2.20. The lowest BCUT2D eigenvalue weighted by Crippen LogP contribution is -2.43. The Labute approximate surface area is 108 Å². The van der Waals surface area contributed by atoms with E-state index < -0.39 is 5.54 Å². The van der Waals surface area contributed by atoms with Crippen molar-refractivity contribution < 1.29 is 9.84 Å². The quantitative estimate of drug-likeness (QED) is 0.824. The highest BCUT2D eigenvalue weighted by Crippen LogP contribution is 2.35. The molecule has 1 N–H and O–H groups in total. The molecular weight excluding hydrogens is 226 g/mol. The van der Waals surface area contributed by atoms with Crippen LogP contribution < -0.4 is 0 Å². The summed E-state index contributed by atoms with van der Waals surface area (Å²) < 4.78 is 5.88. The maximum Gasteiger partial charge on any atom is 0.138 e. The summed E-state index contributed by atoms with van der Waals surface area (Å²) in [6.45, 7) is 4.64. The predicted molar refractivity (Wildman–Crippen MR) is 70.8 cm³/mol. The topological polar surface area (TPSA) is 32.7 Å². The molecule has 0 spiro atoms. The molecule has 0 bridgehead atoms. The first-order valence-corrected chi connectivity index (χ1v) is 6.14. The van der Waals surface area contributed by atoms with E-state index in [1.807, 2.05) is 44.2 Å². The van der Waals surface area contributed by atoms with Crippen LogP contribution >= 0.6 is 0 Å². The summed E-state index contributed by atoms with van der Waals surface area (Å²) in [5.74, 6) is 2.79. The van der Waals surface area contributed by atoms with Gasteiger partial charge in [-0.3, -0.25) is 4.90 Å². The SMILES string of the molecule is C#CC(C)(C)N1C[C@H](CO)O[C@@H]1c1ccccc1. The van der Waals surface area contributed by atoms with Crippen molar-refractivity contribution in [3.05, 3.63) is 35.9 Å². The highest BCUT2D eigenvalue weighted by molar-refractivity contribution is 5.21. The first kappa shape index (κ1) is 13.1. The van der Waals surface area contributed by atoms with Gasteiger partial charge in [0.15, 0.2) is 0 Å². The number of terminal acetylenes is 1. The lowest BCUT2D eigenvalue weighted by molar-refractivity contribution is -0.0356. The van der Waals surface area contributed by atoms with E-state index in [4.69, 9.17) is 11.2 Å². The Morgan fingerprint density at radius 3 is 2.67 bits per heavy atom. The molecule has 1 heterocycles. The second-order valence-electron chi connectivity index (χ2n) is 5.06. The first-order chi connectivity index (χ1) is 8.58.